The molecule has 1 aromatic heterocycles. The molecule has 1 amide bonds. The van der Waals surface area contributed by atoms with E-state index >= 15 is 0 Å². The lowest BCUT2D eigenvalue weighted by Crippen LogP contribution is -2.55. The summed E-state index contributed by atoms with van der Waals surface area (Å²) in [4.78, 5) is 20.5. The Balaban J connectivity index is 1.70. The summed E-state index contributed by atoms with van der Waals surface area (Å²) < 4.78 is 5.11. The van der Waals surface area contributed by atoms with Crippen molar-refractivity contribution in [3.8, 4) is 5.88 Å². The molecular formula is C14H19N3O2. The largest absolute Gasteiger partial charge is 0.481 e. The van der Waals surface area contributed by atoms with Crippen LogP contribution in [0.3, 0.4) is 0 Å². The van der Waals surface area contributed by atoms with Gasteiger partial charge in [-0.15, -0.1) is 0 Å². The Morgan fingerprint density at radius 3 is 2.84 bits per heavy atom. The van der Waals surface area contributed by atoms with E-state index in [1.54, 1.807) is 13.3 Å². The first-order chi connectivity index (χ1) is 9.28. The Labute approximate surface area is 113 Å². The molecule has 0 unspecified atom stereocenters. The van der Waals surface area contributed by atoms with Crippen molar-refractivity contribution < 1.29 is 9.53 Å². The number of piperazine rings is 1. The zero-order valence-corrected chi connectivity index (χ0v) is 11.2. The summed E-state index contributed by atoms with van der Waals surface area (Å²) in [7, 11) is 1.59. The van der Waals surface area contributed by atoms with Crippen LogP contribution in [0.2, 0.25) is 0 Å². The molecule has 1 aliphatic heterocycles. The molecule has 0 radical (unpaired) electrons. The van der Waals surface area contributed by atoms with Gasteiger partial charge in [0.1, 0.15) is 0 Å². The Bertz CT molecular complexity index is 474. The molecule has 0 N–H and O–H groups in total. The summed E-state index contributed by atoms with van der Waals surface area (Å²) in [5.41, 5.74) is 0.880. The monoisotopic (exact) mass is 261 g/mol. The summed E-state index contributed by atoms with van der Waals surface area (Å²) in [6.07, 6.45) is 5.48. The van der Waals surface area contributed by atoms with Crippen LogP contribution in [-0.4, -0.2) is 48.6 Å². The lowest BCUT2D eigenvalue weighted by molar-refractivity contribution is -0.122. The van der Waals surface area contributed by atoms with Gasteiger partial charge >= 0.3 is 0 Å². The fourth-order valence-corrected chi connectivity index (χ4v) is 2.71. The van der Waals surface area contributed by atoms with E-state index in [1.165, 1.54) is 19.3 Å². The molecule has 1 aromatic rings. The van der Waals surface area contributed by atoms with Crippen LogP contribution < -0.4 is 9.64 Å². The normalized spacial score (nSPS) is 21.3. The number of carbonyl (C=O) groups excluding carboxylic acids is 1. The van der Waals surface area contributed by atoms with E-state index in [0.29, 0.717) is 18.5 Å². The molecule has 0 spiro atoms. The molecule has 2 fully saturated rings. The van der Waals surface area contributed by atoms with Gasteiger partial charge in [0.25, 0.3) is 0 Å². The zero-order valence-electron chi connectivity index (χ0n) is 11.2. The number of carbonyl (C=O) groups is 1. The first kappa shape index (κ1) is 12.4. The van der Waals surface area contributed by atoms with Crippen LogP contribution in [-0.2, 0) is 4.79 Å². The highest BCUT2D eigenvalue weighted by Crippen LogP contribution is 2.27. The number of anilines is 1. The molecule has 1 saturated heterocycles. The van der Waals surface area contributed by atoms with Crippen LogP contribution in [0, 0.1) is 0 Å². The van der Waals surface area contributed by atoms with Crippen molar-refractivity contribution in [2.24, 2.45) is 0 Å². The highest BCUT2D eigenvalue weighted by atomic mass is 16.5. The van der Waals surface area contributed by atoms with Gasteiger partial charge in [0.15, 0.2) is 0 Å². The van der Waals surface area contributed by atoms with Gasteiger partial charge in [0, 0.05) is 31.4 Å². The SMILES string of the molecule is COc1cc(N2CCN(C3CCC3)CC2=O)ccn1. The quantitative estimate of drug-likeness (QED) is 0.822. The number of amides is 1. The van der Waals surface area contributed by atoms with Gasteiger partial charge in [-0.25, -0.2) is 4.98 Å². The zero-order chi connectivity index (χ0) is 13.2. The Hall–Kier alpha value is -1.62. The maximum Gasteiger partial charge on any atom is 0.241 e. The number of pyridine rings is 1. The first-order valence-electron chi connectivity index (χ1n) is 6.82. The lowest BCUT2D eigenvalue weighted by atomic mass is 9.91. The molecule has 1 aliphatic carbocycles. The topological polar surface area (TPSA) is 45.7 Å². The summed E-state index contributed by atoms with van der Waals surface area (Å²) in [6, 6.07) is 4.31. The number of nitrogens with zero attached hydrogens (tertiary/aromatic N) is 3. The third kappa shape index (κ3) is 2.42. The molecule has 1 saturated carbocycles. The van der Waals surface area contributed by atoms with Crippen LogP contribution in [0.4, 0.5) is 5.69 Å². The van der Waals surface area contributed by atoms with Gasteiger partial charge in [0.2, 0.25) is 11.8 Å². The highest BCUT2D eigenvalue weighted by Gasteiger charge is 2.32. The molecule has 5 nitrogen and oxygen atoms in total. The van der Waals surface area contributed by atoms with E-state index < -0.39 is 0 Å². The van der Waals surface area contributed by atoms with Crippen LogP contribution in [0.25, 0.3) is 0 Å². The van der Waals surface area contributed by atoms with E-state index in [4.69, 9.17) is 4.74 Å². The molecule has 0 aromatic carbocycles. The number of methoxy groups -OCH3 is 1. The standard InChI is InChI=1S/C14H19N3O2/c1-19-13-9-12(5-6-15-13)17-8-7-16(10-14(17)18)11-3-2-4-11/h5-6,9,11H,2-4,7-8,10H2,1H3. The minimum atomic E-state index is 0.173. The fraction of sp³-hybridized carbons (Fsp3) is 0.571. The van der Waals surface area contributed by atoms with Crippen molar-refractivity contribution in [1.29, 1.82) is 0 Å². The van der Waals surface area contributed by atoms with Crippen LogP contribution in [0.5, 0.6) is 5.88 Å². The van der Waals surface area contributed by atoms with Gasteiger partial charge in [-0.2, -0.15) is 0 Å². The van der Waals surface area contributed by atoms with Gasteiger partial charge in [-0.3, -0.25) is 9.69 Å². The van der Waals surface area contributed by atoms with Crippen molar-refractivity contribution in [1.82, 2.24) is 9.88 Å². The predicted molar refractivity (Wildman–Crippen MR) is 72.4 cm³/mol. The van der Waals surface area contributed by atoms with E-state index in [1.807, 2.05) is 17.0 Å². The molecule has 2 heterocycles. The van der Waals surface area contributed by atoms with E-state index in [0.717, 1.165) is 18.8 Å². The smallest absolute Gasteiger partial charge is 0.241 e. The molecule has 0 bridgehead atoms. The Kier molecular flexibility index (Phi) is 3.38. The average Bonchev–Trinajstić information content (AvgIpc) is 2.37. The lowest BCUT2D eigenvalue weighted by Gasteiger charge is -2.42. The average molecular weight is 261 g/mol. The van der Waals surface area contributed by atoms with E-state index in [9.17, 15) is 4.79 Å². The van der Waals surface area contributed by atoms with Gasteiger partial charge in [-0.05, 0) is 18.9 Å². The van der Waals surface area contributed by atoms with Gasteiger partial charge in [0.05, 0.1) is 19.3 Å². The summed E-state index contributed by atoms with van der Waals surface area (Å²) in [5, 5.41) is 0. The molecule has 2 aliphatic rings. The third-order valence-corrected chi connectivity index (χ3v) is 4.08. The number of aromatic nitrogens is 1. The molecule has 102 valence electrons. The summed E-state index contributed by atoms with van der Waals surface area (Å²) in [6.45, 7) is 2.25. The van der Waals surface area contributed by atoms with Crippen molar-refractivity contribution in [2.45, 2.75) is 25.3 Å². The maximum absolute atomic E-state index is 12.3. The second kappa shape index (κ2) is 5.17. The predicted octanol–water partition coefficient (Wildman–Crippen LogP) is 1.29. The fourth-order valence-electron chi connectivity index (χ4n) is 2.71. The van der Waals surface area contributed by atoms with E-state index in [2.05, 4.69) is 9.88 Å². The van der Waals surface area contributed by atoms with Crippen molar-refractivity contribution in [2.75, 3.05) is 31.6 Å². The van der Waals surface area contributed by atoms with Gasteiger partial charge in [-0.1, -0.05) is 6.42 Å². The van der Waals surface area contributed by atoms with Crippen molar-refractivity contribution in [3.05, 3.63) is 18.3 Å². The summed E-state index contributed by atoms with van der Waals surface area (Å²) in [5.74, 6) is 0.720. The van der Waals surface area contributed by atoms with Crippen LogP contribution >= 0.6 is 0 Å². The maximum atomic E-state index is 12.3. The second-order valence-electron chi connectivity index (χ2n) is 5.16. The highest BCUT2D eigenvalue weighted by molar-refractivity contribution is 5.95. The molecular weight excluding hydrogens is 242 g/mol. The number of hydrogen-bond donors (Lipinski definition) is 0. The van der Waals surface area contributed by atoms with E-state index in [-0.39, 0.29) is 5.91 Å². The molecule has 5 heteroatoms. The molecule has 3 rings (SSSR count). The third-order valence-electron chi connectivity index (χ3n) is 4.08. The number of ether oxygens (including phenoxy) is 1. The molecule has 19 heavy (non-hydrogen) atoms. The minimum Gasteiger partial charge on any atom is -0.481 e. The Morgan fingerprint density at radius 2 is 2.21 bits per heavy atom. The Morgan fingerprint density at radius 1 is 1.37 bits per heavy atom. The number of rotatable bonds is 3. The minimum absolute atomic E-state index is 0.173. The van der Waals surface area contributed by atoms with Crippen molar-refractivity contribution >= 4 is 11.6 Å². The second-order valence-corrected chi connectivity index (χ2v) is 5.16. The van der Waals surface area contributed by atoms with Gasteiger partial charge < -0.3 is 9.64 Å². The van der Waals surface area contributed by atoms with Crippen molar-refractivity contribution in [3.63, 3.8) is 0 Å². The summed E-state index contributed by atoms with van der Waals surface area (Å²) >= 11 is 0. The van der Waals surface area contributed by atoms with Crippen LogP contribution in [0.15, 0.2) is 18.3 Å². The number of hydrogen-bond acceptors (Lipinski definition) is 4. The van der Waals surface area contributed by atoms with Crippen LogP contribution in [0.1, 0.15) is 19.3 Å². The molecule has 0 atom stereocenters. The first-order valence-corrected chi connectivity index (χ1v) is 6.82.